The molecule has 2 aromatic heterocycles. The van der Waals surface area contributed by atoms with E-state index in [1.54, 1.807) is 24.3 Å². The first-order valence-electron chi connectivity index (χ1n) is 12.6. The lowest BCUT2D eigenvalue weighted by molar-refractivity contribution is -0.143. The van der Waals surface area contributed by atoms with E-state index in [1.165, 1.54) is 48.6 Å². The van der Waals surface area contributed by atoms with Crippen LogP contribution in [0.5, 0.6) is 0 Å². The first kappa shape index (κ1) is 29.1. The molecule has 3 heterocycles. The van der Waals surface area contributed by atoms with Gasteiger partial charge in [-0.25, -0.2) is 9.78 Å². The molecule has 0 saturated heterocycles. The van der Waals surface area contributed by atoms with Crippen molar-refractivity contribution in [1.82, 2.24) is 40.8 Å². The predicted octanol–water partition coefficient (Wildman–Crippen LogP) is 2.93. The Morgan fingerprint density at radius 2 is 2.05 bits per heavy atom. The molecule has 0 saturated carbocycles. The van der Waals surface area contributed by atoms with Crippen LogP contribution in [0.25, 0.3) is 23.0 Å². The van der Waals surface area contributed by atoms with Crippen molar-refractivity contribution in [2.45, 2.75) is 12.0 Å². The highest BCUT2D eigenvalue weighted by Crippen LogP contribution is 2.32. The highest BCUT2D eigenvalue weighted by molar-refractivity contribution is 6.30. The minimum absolute atomic E-state index is 0.181. The number of hydrogen-bond donors (Lipinski definition) is 5. The number of H-pyrrole nitrogens is 1. The van der Waals surface area contributed by atoms with Crippen LogP contribution < -0.4 is 21.3 Å². The number of fused-ring (bicyclic) bond motifs is 4. The molecule has 2 aromatic carbocycles. The van der Waals surface area contributed by atoms with E-state index in [0.717, 1.165) is 0 Å². The summed E-state index contributed by atoms with van der Waals surface area (Å²) in [6.45, 7) is -1.43. The molecule has 0 spiro atoms. The number of tetrazole rings is 1. The second kappa shape index (κ2) is 12.2. The molecular formula is C26H23ClF2N10O4. The van der Waals surface area contributed by atoms with Gasteiger partial charge in [-0.1, -0.05) is 11.6 Å². The van der Waals surface area contributed by atoms with Crippen molar-refractivity contribution in [1.29, 1.82) is 0 Å². The van der Waals surface area contributed by atoms with Crippen LogP contribution in [-0.4, -0.2) is 74.2 Å². The number of alkyl halides is 2. The number of amides is 3. The molecule has 17 heteroatoms. The van der Waals surface area contributed by atoms with Gasteiger partial charge in [0.2, 0.25) is 5.91 Å². The predicted molar refractivity (Wildman–Crippen MR) is 151 cm³/mol. The molecule has 4 aromatic rings. The van der Waals surface area contributed by atoms with E-state index < -0.39 is 36.4 Å². The molecule has 0 aliphatic carbocycles. The van der Waals surface area contributed by atoms with Crippen molar-refractivity contribution in [3.63, 3.8) is 0 Å². The standard InChI is InChI=1S/C26H23ClF2N10O4/c1-43-25(42)34-16-4-5-17-18(9-16)32-12-26(28,29)24(41)31-11-20(23-30-10-19(17)36-23)35-22(40)7-2-14-8-15(27)3-6-21(14)39-13-33-37-38-39/h2-10,13,20,32H,11-12H2,1H3,(H,30,36)(H,31,41)(H,34,42)(H,35,40)/t20-/m0/s1. The largest absolute Gasteiger partial charge is 0.453 e. The van der Waals surface area contributed by atoms with Crippen LogP contribution in [0.4, 0.5) is 25.0 Å². The molecule has 0 fully saturated rings. The van der Waals surface area contributed by atoms with Gasteiger partial charge in [0.1, 0.15) is 18.2 Å². The van der Waals surface area contributed by atoms with Gasteiger partial charge >= 0.3 is 12.0 Å². The number of nitrogens with zero attached hydrogens (tertiary/aromatic N) is 5. The molecule has 14 nitrogen and oxygen atoms in total. The summed E-state index contributed by atoms with van der Waals surface area (Å²) in [5, 5.41) is 21.4. The molecule has 1 atom stereocenters. The van der Waals surface area contributed by atoms with E-state index in [0.29, 0.717) is 27.5 Å². The number of imidazole rings is 1. The number of ether oxygens (including phenoxy) is 1. The molecule has 5 rings (SSSR count). The fourth-order valence-corrected chi connectivity index (χ4v) is 4.35. The highest BCUT2D eigenvalue weighted by Gasteiger charge is 2.39. The van der Waals surface area contributed by atoms with Gasteiger partial charge in [-0.15, -0.1) is 5.10 Å². The zero-order valence-corrected chi connectivity index (χ0v) is 23.0. The molecule has 5 N–H and O–H groups in total. The molecule has 1 aliphatic heterocycles. The summed E-state index contributed by atoms with van der Waals surface area (Å²) in [5.41, 5.74) is 2.36. The third kappa shape index (κ3) is 6.75. The van der Waals surface area contributed by atoms with E-state index in [2.05, 4.69) is 51.5 Å². The Morgan fingerprint density at radius 3 is 2.81 bits per heavy atom. The minimum Gasteiger partial charge on any atom is -0.453 e. The average molecular weight is 613 g/mol. The monoisotopic (exact) mass is 612 g/mol. The number of nitrogens with one attached hydrogen (secondary N) is 5. The second-order valence-electron chi connectivity index (χ2n) is 9.18. The Labute approximate surface area is 246 Å². The fraction of sp³-hybridized carbons (Fsp3) is 0.192. The maximum atomic E-state index is 14.8. The molecule has 3 amide bonds. The Kier molecular flexibility index (Phi) is 8.29. The Bertz CT molecular complexity index is 1690. The van der Waals surface area contributed by atoms with E-state index in [-0.39, 0.29) is 23.7 Å². The van der Waals surface area contributed by atoms with E-state index in [1.807, 2.05) is 0 Å². The molecule has 43 heavy (non-hydrogen) atoms. The van der Waals surface area contributed by atoms with Gasteiger partial charge in [-0.05, 0) is 52.9 Å². The van der Waals surface area contributed by atoms with Crippen molar-refractivity contribution in [2.75, 3.05) is 30.8 Å². The number of carbonyl (C=O) groups is 3. The minimum atomic E-state index is -3.82. The fourth-order valence-electron chi connectivity index (χ4n) is 4.17. The normalized spacial score (nSPS) is 16.2. The molecule has 222 valence electrons. The lowest BCUT2D eigenvalue weighted by Gasteiger charge is -2.22. The number of aromatic nitrogens is 6. The Hall–Kier alpha value is -5.38. The van der Waals surface area contributed by atoms with Gasteiger partial charge in [0, 0.05) is 40.1 Å². The first-order chi connectivity index (χ1) is 20.6. The quantitative estimate of drug-likeness (QED) is 0.212. The van der Waals surface area contributed by atoms with Crippen LogP contribution in [0.15, 0.2) is 55.0 Å². The summed E-state index contributed by atoms with van der Waals surface area (Å²) in [6.07, 6.45) is 4.78. The van der Waals surface area contributed by atoms with Crippen LogP contribution in [0.1, 0.15) is 17.4 Å². The van der Waals surface area contributed by atoms with Crippen molar-refractivity contribution in [2.24, 2.45) is 0 Å². The van der Waals surface area contributed by atoms with E-state index >= 15 is 0 Å². The number of methoxy groups -OCH3 is 1. The average Bonchev–Trinajstić information content (AvgIpc) is 3.70. The summed E-state index contributed by atoms with van der Waals surface area (Å²) in [6, 6.07) is 8.42. The molecule has 0 unspecified atom stereocenters. The number of carbonyl (C=O) groups excluding carboxylic acids is 3. The van der Waals surface area contributed by atoms with Crippen LogP contribution in [-0.2, 0) is 14.3 Å². The summed E-state index contributed by atoms with van der Waals surface area (Å²) in [4.78, 5) is 44.5. The lowest BCUT2D eigenvalue weighted by atomic mass is 10.1. The SMILES string of the molecule is COC(=O)Nc1ccc2c(c1)NCC(F)(F)C(=O)NC[C@H](NC(=O)C=Cc1cc(Cl)ccc1-n1cnnn1)c1ncc-2[nH]1. The lowest BCUT2D eigenvalue weighted by Crippen LogP contribution is -2.47. The molecule has 1 aliphatic rings. The third-order valence-electron chi connectivity index (χ3n) is 6.28. The van der Waals surface area contributed by atoms with Gasteiger partial charge in [0.25, 0.3) is 5.91 Å². The first-order valence-corrected chi connectivity index (χ1v) is 13.0. The van der Waals surface area contributed by atoms with Gasteiger partial charge in [-0.2, -0.15) is 13.5 Å². The van der Waals surface area contributed by atoms with Gasteiger partial charge in [0.15, 0.2) is 0 Å². The van der Waals surface area contributed by atoms with E-state index in [9.17, 15) is 23.2 Å². The number of hydrogen-bond acceptors (Lipinski definition) is 9. The van der Waals surface area contributed by atoms with Crippen molar-refractivity contribution < 1.29 is 27.9 Å². The number of halogens is 3. The Morgan fingerprint density at radius 1 is 1.21 bits per heavy atom. The topological polar surface area (TPSA) is 181 Å². The number of benzene rings is 2. The summed E-state index contributed by atoms with van der Waals surface area (Å²) in [7, 11) is 1.18. The second-order valence-corrected chi connectivity index (χ2v) is 9.62. The van der Waals surface area contributed by atoms with Crippen LogP contribution in [0.2, 0.25) is 5.02 Å². The van der Waals surface area contributed by atoms with Crippen LogP contribution in [0, 0.1) is 0 Å². The highest BCUT2D eigenvalue weighted by atomic mass is 35.5. The van der Waals surface area contributed by atoms with Gasteiger partial charge < -0.3 is 25.7 Å². The van der Waals surface area contributed by atoms with Gasteiger partial charge in [0.05, 0.1) is 31.2 Å². The van der Waals surface area contributed by atoms with Gasteiger partial charge in [-0.3, -0.25) is 14.9 Å². The smallest absolute Gasteiger partial charge is 0.411 e. The summed E-state index contributed by atoms with van der Waals surface area (Å²) < 4.78 is 35.6. The summed E-state index contributed by atoms with van der Waals surface area (Å²) >= 11 is 6.13. The van der Waals surface area contributed by atoms with Crippen LogP contribution >= 0.6 is 11.6 Å². The van der Waals surface area contributed by atoms with E-state index in [4.69, 9.17) is 11.6 Å². The zero-order chi connectivity index (χ0) is 30.6. The third-order valence-corrected chi connectivity index (χ3v) is 6.52. The maximum absolute atomic E-state index is 14.8. The van der Waals surface area contributed by atoms with Crippen molar-refractivity contribution >= 4 is 47.0 Å². The molecule has 2 bridgehead atoms. The zero-order valence-electron chi connectivity index (χ0n) is 22.3. The number of aromatic amines is 1. The Balaban J connectivity index is 1.43. The molecule has 0 radical (unpaired) electrons. The van der Waals surface area contributed by atoms with Crippen molar-refractivity contribution in [3.05, 3.63) is 71.4 Å². The summed E-state index contributed by atoms with van der Waals surface area (Å²) in [5.74, 6) is -5.80. The van der Waals surface area contributed by atoms with Crippen LogP contribution in [0.3, 0.4) is 0 Å². The number of anilines is 2. The van der Waals surface area contributed by atoms with Crippen molar-refractivity contribution in [3.8, 4) is 16.9 Å². The maximum Gasteiger partial charge on any atom is 0.411 e. The number of rotatable bonds is 5. The molecular weight excluding hydrogens is 590 g/mol.